The van der Waals surface area contributed by atoms with Crippen LogP contribution in [-0.2, 0) is 9.47 Å². The number of para-hydroxylation sites is 1. The summed E-state index contributed by atoms with van der Waals surface area (Å²) in [6.07, 6.45) is 2.05. The molecular weight excluding hydrogens is 336 g/mol. The second-order valence-corrected chi connectivity index (χ2v) is 5.81. The minimum absolute atomic E-state index is 0.0719. The maximum absolute atomic E-state index is 12.1. The molecule has 1 aromatic heterocycles. The van der Waals surface area contributed by atoms with Crippen LogP contribution in [0, 0.1) is 0 Å². The van der Waals surface area contributed by atoms with E-state index in [0.717, 1.165) is 19.4 Å². The zero-order valence-corrected chi connectivity index (χ0v) is 14.4. The standard InChI is InChI=1S/C18H20N4O4/c1-25-18(24)13-6-2-3-7-14(13)20-16-9-8-15(21-22-16)17(23)19-11-12-5-4-10-26-12/h2-3,6-9,12H,4-5,10-11H2,1H3,(H,19,23)(H,20,22). The predicted octanol–water partition coefficient (Wildman–Crippen LogP) is 1.92. The van der Waals surface area contributed by atoms with Crippen LogP contribution >= 0.6 is 0 Å². The Hall–Kier alpha value is -3.00. The molecule has 1 aromatic carbocycles. The Balaban J connectivity index is 1.63. The number of amides is 1. The van der Waals surface area contributed by atoms with Crippen molar-refractivity contribution in [1.29, 1.82) is 0 Å². The van der Waals surface area contributed by atoms with Gasteiger partial charge in [0.1, 0.15) is 0 Å². The van der Waals surface area contributed by atoms with Crippen molar-refractivity contribution in [3.05, 3.63) is 47.7 Å². The maximum Gasteiger partial charge on any atom is 0.339 e. The molecule has 1 aliphatic rings. The first kappa shape index (κ1) is 17.8. The summed E-state index contributed by atoms with van der Waals surface area (Å²) in [6.45, 7) is 1.21. The minimum Gasteiger partial charge on any atom is -0.465 e. The van der Waals surface area contributed by atoms with Crippen LogP contribution in [0.4, 0.5) is 11.5 Å². The van der Waals surface area contributed by atoms with Crippen LogP contribution in [0.15, 0.2) is 36.4 Å². The molecular formula is C18H20N4O4. The smallest absolute Gasteiger partial charge is 0.339 e. The summed E-state index contributed by atoms with van der Waals surface area (Å²) in [5.41, 5.74) is 1.15. The number of ether oxygens (including phenoxy) is 2. The number of hydrogen-bond acceptors (Lipinski definition) is 7. The topological polar surface area (TPSA) is 102 Å². The lowest BCUT2D eigenvalue weighted by molar-refractivity contribution is 0.0601. The molecule has 1 aliphatic heterocycles. The van der Waals surface area contributed by atoms with E-state index < -0.39 is 5.97 Å². The number of aromatic nitrogens is 2. The van der Waals surface area contributed by atoms with Gasteiger partial charge < -0.3 is 20.1 Å². The Morgan fingerprint density at radius 3 is 2.77 bits per heavy atom. The fourth-order valence-electron chi connectivity index (χ4n) is 2.64. The lowest BCUT2D eigenvalue weighted by atomic mass is 10.2. The first-order valence-corrected chi connectivity index (χ1v) is 8.35. The first-order chi connectivity index (χ1) is 12.7. The molecule has 1 atom stereocenters. The predicted molar refractivity (Wildman–Crippen MR) is 94.4 cm³/mol. The molecule has 2 N–H and O–H groups in total. The second kappa shape index (κ2) is 8.39. The molecule has 26 heavy (non-hydrogen) atoms. The molecule has 1 amide bonds. The summed E-state index contributed by atoms with van der Waals surface area (Å²) in [7, 11) is 1.32. The molecule has 1 saturated heterocycles. The molecule has 0 aliphatic carbocycles. The van der Waals surface area contributed by atoms with E-state index in [4.69, 9.17) is 9.47 Å². The van der Waals surface area contributed by atoms with Crippen LogP contribution in [0.3, 0.4) is 0 Å². The van der Waals surface area contributed by atoms with Gasteiger partial charge in [-0.25, -0.2) is 4.79 Å². The minimum atomic E-state index is -0.453. The number of rotatable bonds is 6. The van der Waals surface area contributed by atoms with E-state index in [9.17, 15) is 9.59 Å². The third-order valence-corrected chi connectivity index (χ3v) is 4.01. The molecule has 3 rings (SSSR count). The number of methoxy groups -OCH3 is 1. The number of nitrogens with one attached hydrogen (secondary N) is 2. The molecule has 2 heterocycles. The Morgan fingerprint density at radius 2 is 2.08 bits per heavy atom. The van der Waals surface area contributed by atoms with Crippen molar-refractivity contribution in [1.82, 2.24) is 15.5 Å². The van der Waals surface area contributed by atoms with Gasteiger partial charge in [0.05, 0.1) is 24.5 Å². The maximum atomic E-state index is 12.1. The average molecular weight is 356 g/mol. The van der Waals surface area contributed by atoms with Crippen molar-refractivity contribution in [3.8, 4) is 0 Å². The van der Waals surface area contributed by atoms with E-state index in [1.807, 2.05) is 0 Å². The Bertz CT molecular complexity index is 773. The van der Waals surface area contributed by atoms with Crippen LogP contribution in [0.1, 0.15) is 33.7 Å². The van der Waals surface area contributed by atoms with Gasteiger partial charge in [0.25, 0.3) is 5.91 Å². The molecule has 136 valence electrons. The third kappa shape index (κ3) is 4.34. The van der Waals surface area contributed by atoms with Gasteiger partial charge >= 0.3 is 5.97 Å². The van der Waals surface area contributed by atoms with Gasteiger partial charge in [0.15, 0.2) is 11.5 Å². The SMILES string of the molecule is COC(=O)c1ccccc1Nc1ccc(C(=O)NCC2CCCO2)nn1. The number of esters is 1. The quantitative estimate of drug-likeness (QED) is 0.762. The van der Waals surface area contributed by atoms with Crippen LogP contribution in [0.5, 0.6) is 0 Å². The largest absolute Gasteiger partial charge is 0.465 e. The van der Waals surface area contributed by atoms with Gasteiger partial charge in [-0.2, -0.15) is 0 Å². The summed E-state index contributed by atoms with van der Waals surface area (Å²) in [5.74, 6) is -0.335. The highest BCUT2D eigenvalue weighted by Crippen LogP contribution is 2.20. The van der Waals surface area contributed by atoms with Gasteiger partial charge in [-0.3, -0.25) is 4.79 Å². The summed E-state index contributed by atoms with van der Waals surface area (Å²) < 4.78 is 10.2. The number of carbonyl (C=O) groups excluding carboxylic acids is 2. The lowest BCUT2D eigenvalue weighted by Gasteiger charge is -2.11. The summed E-state index contributed by atoms with van der Waals surface area (Å²) in [5, 5.41) is 13.7. The second-order valence-electron chi connectivity index (χ2n) is 5.81. The lowest BCUT2D eigenvalue weighted by Crippen LogP contribution is -2.32. The molecule has 2 aromatic rings. The molecule has 8 heteroatoms. The number of carbonyl (C=O) groups is 2. The van der Waals surface area contributed by atoms with E-state index in [-0.39, 0.29) is 17.7 Å². The molecule has 0 spiro atoms. The van der Waals surface area contributed by atoms with Crippen LogP contribution in [0.25, 0.3) is 0 Å². The van der Waals surface area contributed by atoms with Gasteiger partial charge in [0, 0.05) is 13.2 Å². The molecule has 8 nitrogen and oxygen atoms in total. The number of anilines is 2. The van der Waals surface area contributed by atoms with Crippen LogP contribution in [0.2, 0.25) is 0 Å². The number of hydrogen-bond donors (Lipinski definition) is 2. The molecule has 1 fully saturated rings. The molecule has 0 radical (unpaired) electrons. The van der Waals surface area contributed by atoms with Gasteiger partial charge in [-0.05, 0) is 37.1 Å². The highest BCUT2D eigenvalue weighted by Gasteiger charge is 2.17. The van der Waals surface area contributed by atoms with Crippen molar-refractivity contribution < 1.29 is 19.1 Å². The number of benzene rings is 1. The summed E-state index contributed by atoms with van der Waals surface area (Å²) in [4.78, 5) is 23.9. The molecule has 0 bridgehead atoms. The van der Waals surface area contributed by atoms with E-state index in [1.54, 1.807) is 36.4 Å². The van der Waals surface area contributed by atoms with Crippen LogP contribution in [-0.4, -0.2) is 48.4 Å². The normalized spacial score (nSPS) is 16.1. The highest BCUT2D eigenvalue weighted by molar-refractivity contribution is 5.96. The van der Waals surface area contributed by atoms with Crippen molar-refractivity contribution in [2.45, 2.75) is 18.9 Å². The highest BCUT2D eigenvalue weighted by atomic mass is 16.5. The van der Waals surface area contributed by atoms with Gasteiger partial charge in [0.2, 0.25) is 0 Å². The third-order valence-electron chi connectivity index (χ3n) is 4.01. The first-order valence-electron chi connectivity index (χ1n) is 8.35. The summed E-state index contributed by atoms with van der Waals surface area (Å²) >= 11 is 0. The fraction of sp³-hybridized carbons (Fsp3) is 0.333. The van der Waals surface area contributed by atoms with Crippen molar-refractivity contribution in [3.63, 3.8) is 0 Å². The van der Waals surface area contributed by atoms with Gasteiger partial charge in [-0.15, -0.1) is 10.2 Å². The Morgan fingerprint density at radius 1 is 1.23 bits per heavy atom. The Kier molecular flexibility index (Phi) is 5.75. The van der Waals surface area contributed by atoms with E-state index in [2.05, 4.69) is 20.8 Å². The zero-order chi connectivity index (χ0) is 18.4. The molecule has 1 unspecified atom stereocenters. The Labute approximate surface area is 150 Å². The number of nitrogens with zero attached hydrogens (tertiary/aromatic N) is 2. The fourth-order valence-corrected chi connectivity index (χ4v) is 2.64. The zero-order valence-electron chi connectivity index (χ0n) is 14.4. The van der Waals surface area contributed by atoms with E-state index >= 15 is 0 Å². The summed E-state index contributed by atoms with van der Waals surface area (Å²) in [6, 6.07) is 10.1. The van der Waals surface area contributed by atoms with Crippen molar-refractivity contribution in [2.75, 3.05) is 25.6 Å². The van der Waals surface area contributed by atoms with Crippen molar-refractivity contribution in [2.24, 2.45) is 0 Å². The van der Waals surface area contributed by atoms with Crippen LogP contribution < -0.4 is 10.6 Å². The van der Waals surface area contributed by atoms with Gasteiger partial charge in [-0.1, -0.05) is 12.1 Å². The average Bonchev–Trinajstić information content (AvgIpc) is 3.20. The van der Waals surface area contributed by atoms with E-state index in [1.165, 1.54) is 7.11 Å². The molecule has 0 saturated carbocycles. The monoisotopic (exact) mass is 356 g/mol. The van der Waals surface area contributed by atoms with E-state index in [0.29, 0.717) is 23.6 Å². The van der Waals surface area contributed by atoms with Crippen molar-refractivity contribution >= 4 is 23.4 Å².